The first-order chi connectivity index (χ1) is 14.6. The van der Waals surface area contributed by atoms with Crippen LogP contribution in [0.15, 0.2) is 91.0 Å². The van der Waals surface area contributed by atoms with E-state index in [-0.39, 0.29) is 6.04 Å². The molecule has 1 fully saturated rings. The molecule has 0 amide bonds. The average Bonchev–Trinajstić information content (AvgIpc) is 3.27. The molecule has 0 spiro atoms. The lowest BCUT2D eigenvalue weighted by atomic mass is 9.75. The maximum Gasteiger partial charge on any atom is 0.230 e. The standard InChI is InChI=1S/C25H26N2O3/c28-24(19-27(29)30)23-17-10-18-26(23)25(20-11-4-1-5-12-20,21-13-6-2-7-14-21)22-15-8-3-9-16-22/h1-9,11-16,23-24,28H,10,17-19H2/t23-,24+/m0/s1. The predicted molar refractivity (Wildman–Crippen MR) is 117 cm³/mol. The van der Waals surface area contributed by atoms with Crippen molar-refractivity contribution < 1.29 is 10.0 Å². The summed E-state index contributed by atoms with van der Waals surface area (Å²) in [4.78, 5) is 13.0. The van der Waals surface area contributed by atoms with Gasteiger partial charge in [-0.2, -0.15) is 0 Å². The van der Waals surface area contributed by atoms with E-state index in [1.54, 1.807) is 0 Å². The summed E-state index contributed by atoms with van der Waals surface area (Å²) in [5.74, 6) is 0. The fourth-order valence-electron chi connectivity index (χ4n) is 4.92. The van der Waals surface area contributed by atoms with Crippen molar-refractivity contribution in [1.82, 2.24) is 4.90 Å². The monoisotopic (exact) mass is 402 g/mol. The molecule has 1 aliphatic rings. The number of hydrogen-bond acceptors (Lipinski definition) is 4. The third-order valence-electron chi connectivity index (χ3n) is 6.09. The van der Waals surface area contributed by atoms with Gasteiger partial charge in [-0.05, 0) is 29.5 Å². The van der Waals surface area contributed by atoms with E-state index in [9.17, 15) is 15.2 Å². The van der Waals surface area contributed by atoms with Crippen LogP contribution in [0.4, 0.5) is 0 Å². The van der Waals surface area contributed by atoms with Crippen molar-refractivity contribution in [3.63, 3.8) is 0 Å². The summed E-state index contributed by atoms with van der Waals surface area (Å²) in [5, 5.41) is 22.0. The Kier molecular flexibility index (Phi) is 5.93. The molecule has 5 heteroatoms. The van der Waals surface area contributed by atoms with Crippen LogP contribution in [0.2, 0.25) is 0 Å². The Bertz CT molecular complexity index is 867. The maximum atomic E-state index is 11.2. The zero-order valence-electron chi connectivity index (χ0n) is 16.8. The van der Waals surface area contributed by atoms with E-state index in [1.165, 1.54) is 0 Å². The van der Waals surface area contributed by atoms with Crippen LogP contribution in [0.1, 0.15) is 29.5 Å². The first kappa shape index (κ1) is 20.3. The molecule has 0 unspecified atom stereocenters. The Morgan fingerprint density at radius 1 is 0.900 bits per heavy atom. The molecule has 3 aromatic rings. The molecule has 154 valence electrons. The van der Waals surface area contributed by atoms with Crippen LogP contribution in [0.25, 0.3) is 0 Å². The Morgan fingerprint density at radius 3 is 1.73 bits per heavy atom. The number of nitrogens with zero attached hydrogens (tertiary/aromatic N) is 2. The van der Waals surface area contributed by atoms with Gasteiger partial charge in [-0.3, -0.25) is 15.0 Å². The second-order valence-electron chi connectivity index (χ2n) is 7.79. The Balaban J connectivity index is 1.97. The van der Waals surface area contributed by atoms with Crippen molar-refractivity contribution in [2.24, 2.45) is 0 Å². The summed E-state index contributed by atoms with van der Waals surface area (Å²) < 4.78 is 0. The lowest BCUT2D eigenvalue weighted by Gasteiger charge is -2.47. The van der Waals surface area contributed by atoms with E-state index in [0.29, 0.717) is 0 Å². The number of aliphatic hydroxyl groups excluding tert-OH is 1. The fraction of sp³-hybridized carbons (Fsp3) is 0.280. The molecule has 3 aromatic carbocycles. The highest BCUT2D eigenvalue weighted by atomic mass is 16.6. The summed E-state index contributed by atoms with van der Waals surface area (Å²) >= 11 is 0. The minimum absolute atomic E-state index is 0.309. The van der Waals surface area contributed by atoms with Crippen molar-refractivity contribution in [1.29, 1.82) is 0 Å². The van der Waals surface area contributed by atoms with Gasteiger partial charge in [0.1, 0.15) is 6.10 Å². The largest absolute Gasteiger partial charge is 0.385 e. The van der Waals surface area contributed by atoms with Gasteiger partial charge in [-0.25, -0.2) is 0 Å². The zero-order valence-corrected chi connectivity index (χ0v) is 16.8. The predicted octanol–water partition coefficient (Wildman–Crippen LogP) is 4.08. The van der Waals surface area contributed by atoms with Crippen molar-refractivity contribution in [2.75, 3.05) is 13.1 Å². The Labute approximate surface area is 176 Å². The number of rotatable bonds is 7. The molecule has 4 rings (SSSR count). The van der Waals surface area contributed by atoms with Crippen LogP contribution in [0.5, 0.6) is 0 Å². The molecule has 0 aromatic heterocycles. The number of benzene rings is 3. The minimum atomic E-state index is -1.03. The third-order valence-corrected chi connectivity index (χ3v) is 6.09. The minimum Gasteiger partial charge on any atom is -0.385 e. The van der Waals surface area contributed by atoms with E-state index >= 15 is 0 Å². The van der Waals surface area contributed by atoms with Crippen LogP contribution in [-0.2, 0) is 5.54 Å². The number of hydrogen-bond donors (Lipinski definition) is 1. The van der Waals surface area contributed by atoms with Crippen LogP contribution in [0.3, 0.4) is 0 Å². The zero-order chi connectivity index (χ0) is 21.0. The van der Waals surface area contributed by atoms with Crippen molar-refractivity contribution in [3.8, 4) is 0 Å². The highest BCUT2D eigenvalue weighted by Gasteiger charge is 2.49. The van der Waals surface area contributed by atoms with Gasteiger partial charge < -0.3 is 5.11 Å². The van der Waals surface area contributed by atoms with Crippen molar-refractivity contribution in [3.05, 3.63) is 118 Å². The van der Waals surface area contributed by atoms with Gasteiger partial charge in [-0.15, -0.1) is 0 Å². The number of aliphatic hydroxyl groups is 1. The molecule has 1 heterocycles. The van der Waals surface area contributed by atoms with Crippen LogP contribution in [0, 0.1) is 10.1 Å². The molecule has 0 saturated carbocycles. The molecule has 0 aliphatic carbocycles. The van der Waals surface area contributed by atoms with Crippen LogP contribution >= 0.6 is 0 Å². The van der Waals surface area contributed by atoms with E-state index in [0.717, 1.165) is 36.1 Å². The number of likely N-dealkylation sites (tertiary alicyclic amines) is 1. The summed E-state index contributed by atoms with van der Waals surface area (Å²) in [6.45, 7) is 0.299. The van der Waals surface area contributed by atoms with Gasteiger partial charge in [-0.1, -0.05) is 91.0 Å². The van der Waals surface area contributed by atoms with Crippen LogP contribution < -0.4 is 0 Å². The molecule has 0 bridgehead atoms. The molecule has 2 atom stereocenters. The second kappa shape index (κ2) is 8.78. The first-order valence-electron chi connectivity index (χ1n) is 10.4. The van der Waals surface area contributed by atoms with Gasteiger partial charge in [0.05, 0.1) is 5.54 Å². The number of nitro groups is 1. The Morgan fingerprint density at radius 2 is 1.33 bits per heavy atom. The topological polar surface area (TPSA) is 66.6 Å². The van der Waals surface area contributed by atoms with E-state index < -0.39 is 23.1 Å². The molecule has 30 heavy (non-hydrogen) atoms. The lowest BCUT2D eigenvalue weighted by Crippen LogP contribution is -2.54. The van der Waals surface area contributed by atoms with Gasteiger partial charge in [0.25, 0.3) is 0 Å². The third kappa shape index (κ3) is 3.62. The lowest BCUT2D eigenvalue weighted by molar-refractivity contribution is -0.492. The van der Waals surface area contributed by atoms with Gasteiger partial charge >= 0.3 is 0 Å². The summed E-state index contributed by atoms with van der Waals surface area (Å²) in [6.07, 6.45) is 0.578. The quantitative estimate of drug-likeness (QED) is 0.367. The first-order valence-corrected chi connectivity index (χ1v) is 10.4. The van der Waals surface area contributed by atoms with Gasteiger partial charge in [0.2, 0.25) is 6.54 Å². The van der Waals surface area contributed by atoms with Crippen LogP contribution in [-0.4, -0.2) is 40.2 Å². The van der Waals surface area contributed by atoms with Gasteiger partial charge in [0.15, 0.2) is 0 Å². The molecular weight excluding hydrogens is 376 g/mol. The van der Waals surface area contributed by atoms with E-state index in [4.69, 9.17) is 0 Å². The van der Waals surface area contributed by atoms with E-state index in [2.05, 4.69) is 41.3 Å². The van der Waals surface area contributed by atoms with Crippen molar-refractivity contribution in [2.45, 2.75) is 30.5 Å². The maximum absolute atomic E-state index is 11.2. The highest BCUT2D eigenvalue weighted by Crippen LogP contribution is 2.46. The summed E-state index contributed by atoms with van der Waals surface area (Å²) in [7, 11) is 0. The Hall–Kier alpha value is -3.02. The highest BCUT2D eigenvalue weighted by molar-refractivity contribution is 5.50. The second-order valence-corrected chi connectivity index (χ2v) is 7.79. The summed E-state index contributed by atoms with van der Waals surface area (Å²) in [5.41, 5.74) is 2.61. The fourth-order valence-corrected chi connectivity index (χ4v) is 4.92. The summed E-state index contributed by atoms with van der Waals surface area (Å²) in [6, 6.07) is 30.4. The molecule has 5 nitrogen and oxygen atoms in total. The molecule has 0 radical (unpaired) electrons. The molecule has 1 saturated heterocycles. The molecule has 1 aliphatic heterocycles. The molecular formula is C25H26N2O3. The molecule has 1 N–H and O–H groups in total. The normalized spacial score (nSPS) is 18.2. The smallest absolute Gasteiger partial charge is 0.230 e. The average molecular weight is 402 g/mol. The van der Waals surface area contributed by atoms with E-state index in [1.807, 2.05) is 54.6 Å². The van der Waals surface area contributed by atoms with Crippen molar-refractivity contribution >= 4 is 0 Å². The van der Waals surface area contributed by atoms with Gasteiger partial charge in [0, 0.05) is 17.5 Å². The SMILES string of the molecule is O=[N+]([O-])C[C@@H](O)[C@@H]1CCCN1C(c1ccccc1)(c1ccccc1)c1ccccc1.